The van der Waals surface area contributed by atoms with E-state index in [1.54, 1.807) is 7.11 Å². The molecule has 0 bridgehead atoms. The van der Waals surface area contributed by atoms with Crippen LogP contribution < -0.4 is 11.3 Å². The van der Waals surface area contributed by atoms with E-state index in [0.717, 1.165) is 0 Å². The summed E-state index contributed by atoms with van der Waals surface area (Å²) in [6.45, 7) is 6.17. The third-order valence-electron chi connectivity index (χ3n) is 2.62. The summed E-state index contributed by atoms with van der Waals surface area (Å²) in [7, 11) is 1.69. The Labute approximate surface area is 91.6 Å². The Bertz CT molecular complexity index is 305. The molecule has 0 aliphatic rings. The summed E-state index contributed by atoms with van der Waals surface area (Å²) in [5, 5.41) is 0. The van der Waals surface area contributed by atoms with E-state index in [1.165, 1.54) is 16.7 Å². The van der Waals surface area contributed by atoms with Crippen LogP contribution in [-0.2, 0) is 4.74 Å². The van der Waals surface area contributed by atoms with Gasteiger partial charge in [0.15, 0.2) is 0 Å². The van der Waals surface area contributed by atoms with E-state index in [0.29, 0.717) is 0 Å². The molecule has 1 aromatic carbocycles. The summed E-state index contributed by atoms with van der Waals surface area (Å²) in [6, 6.07) is 6.45. The van der Waals surface area contributed by atoms with Gasteiger partial charge in [0.2, 0.25) is 0 Å². The molecule has 15 heavy (non-hydrogen) atoms. The molecule has 1 aromatic rings. The van der Waals surface area contributed by atoms with Crippen LogP contribution in [0.3, 0.4) is 0 Å². The standard InChI is InChI=1S/C12H20N2O/c1-8-5-9(2)7-11(6-8)12(14-13)10(3)15-4/h5-7,10,12,14H,13H2,1-4H3. The van der Waals surface area contributed by atoms with E-state index < -0.39 is 0 Å². The van der Waals surface area contributed by atoms with Gasteiger partial charge in [-0.2, -0.15) is 0 Å². The lowest BCUT2D eigenvalue weighted by Crippen LogP contribution is -2.36. The Balaban J connectivity index is 3.01. The van der Waals surface area contributed by atoms with Crippen molar-refractivity contribution in [2.24, 2.45) is 5.84 Å². The maximum Gasteiger partial charge on any atom is 0.0750 e. The van der Waals surface area contributed by atoms with Gasteiger partial charge in [-0.25, -0.2) is 0 Å². The fourth-order valence-electron chi connectivity index (χ4n) is 1.83. The maximum atomic E-state index is 5.55. The Morgan fingerprint density at radius 2 is 1.73 bits per heavy atom. The molecule has 0 spiro atoms. The van der Waals surface area contributed by atoms with Gasteiger partial charge in [-0.05, 0) is 26.3 Å². The van der Waals surface area contributed by atoms with E-state index in [4.69, 9.17) is 10.6 Å². The van der Waals surface area contributed by atoms with Crippen LogP contribution in [-0.4, -0.2) is 13.2 Å². The fraction of sp³-hybridized carbons (Fsp3) is 0.500. The summed E-state index contributed by atoms with van der Waals surface area (Å²) in [4.78, 5) is 0. The summed E-state index contributed by atoms with van der Waals surface area (Å²) >= 11 is 0. The predicted molar refractivity (Wildman–Crippen MR) is 62.5 cm³/mol. The molecule has 0 saturated carbocycles. The van der Waals surface area contributed by atoms with Gasteiger partial charge in [0, 0.05) is 7.11 Å². The SMILES string of the molecule is COC(C)C(NN)c1cc(C)cc(C)c1. The lowest BCUT2D eigenvalue weighted by molar-refractivity contribution is 0.0830. The number of hydrogen-bond acceptors (Lipinski definition) is 3. The lowest BCUT2D eigenvalue weighted by Gasteiger charge is -2.23. The molecule has 0 saturated heterocycles. The van der Waals surface area contributed by atoms with Crippen LogP contribution in [0.4, 0.5) is 0 Å². The molecule has 0 heterocycles. The van der Waals surface area contributed by atoms with E-state index in [9.17, 15) is 0 Å². The quantitative estimate of drug-likeness (QED) is 0.586. The molecular formula is C12H20N2O. The van der Waals surface area contributed by atoms with Crippen LogP contribution >= 0.6 is 0 Å². The Morgan fingerprint density at radius 1 is 1.20 bits per heavy atom. The van der Waals surface area contributed by atoms with Crippen LogP contribution in [0.15, 0.2) is 18.2 Å². The highest BCUT2D eigenvalue weighted by Gasteiger charge is 2.17. The van der Waals surface area contributed by atoms with Crippen molar-refractivity contribution in [2.75, 3.05) is 7.11 Å². The minimum absolute atomic E-state index is 0.0357. The molecule has 1 rings (SSSR count). The summed E-state index contributed by atoms with van der Waals surface area (Å²) < 4.78 is 5.29. The number of methoxy groups -OCH3 is 1. The highest BCUT2D eigenvalue weighted by molar-refractivity contribution is 5.31. The van der Waals surface area contributed by atoms with Gasteiger partial charge in [-0.3, -0.25) is 11.3 Å². The molecular weight excluding hydrogens is 188 g/mol. The molecule has 0 aliphatic carbocycles. The van der Waals surface area contributed by atoms with E-state index >= 15 is 0 Å². The fourth-order valence-corrected chi connectivity index (χ4v) is 1.83. The van der Waals surface area contributed by atoms with Gasteiger partial charge < -0.3 is 4.74 Å². The molecule has 0 amide bonds. The first-order chi connectivity index (χ1) is 7.08. The first kappa shape index (κ1) is 12.2. The van der Waals surface area contributed by atoms with Gasteiger partial charge in [-0.1, -0.05) is 29.3 Å². The Morgan fingerprint density at radius 3 is 2.13 bits per heavy atom. The minimum atomic E-state index is 0.0357. The topological polar surface area (TPSA) is 47.3 Å². The zero-order chi connectivity index (χ0) is 11.4. The van der Waals surface area contributed by atoms with Crippen LogP contribution in [0, 0.1) is 13.8 Å². The van der Waals surface area contributed by atoms with Crippen LogP contribution in [0.25, 0.3) is 0 Å². The van der Waals surface area contributed by atoms with Gasteiger partial charge in [0.05, 0.1) is 12.1 Å². The summed E-state index contributed by atoms with van der Waals surface area (Å²) in [6.07, 6.45) is 0.0520. The van der Waals surface area contributed by atoms with Crippen molar-refractivity contribution in [3.8, 4) is 0 Å². The number of nitrogens with two attached hydrogens (primary N) is 1. The Hall–Kier alpha value is -0.900. The molecule has 84 valence electrons. The van der Waals surface area contributed by atoms with Gasteiger partial charge >= 0.3 is 0 Å². The van der Waals surface area contributed by atoms with Crippen molar-refractivity contribution in [3.63, 3.8) is 0 Å². The van der Waals surface area contributed by atoms with Crippen molar-refractivity contribution in [2.45, 2.75) is 32.9 Å². The number of hydrogen-bond donors (Lipinski definition) is 2. The number of hydrazine groups is 1. The molecule has 0 fully saturated rings. The second-order valence-electron chi connectivity index (χ2n) is 4.01. The van der Waals surface area contributed by atoms with Crippen molar-refractivity contribution in [3.05, 3.63) is 34.9 Å². The number of rotatable bonds is 4. The summed E-state index contributed by atoms with van der Waals surface area (Å²) in [5.74, 6) is 5.55. The predicted octanol–water partition coefficient (Wildman–Crippen LogP) is 1.84. The molecule has 2 atom stereocenters. The van der Waals surface area contributed by atoms with Crippen molar-refractivity contribution in [1.82, 2.24) is 5.43 Å². The van der Waals surface area contributed by atoms with E-state index in [-0.39, 0.29) is 12.1 Å². The zero-order valence-electron chi connectivity index (χ0n) is 9.87. The molecule has 0 aromatic heterocycles. The van der Waals surface area contributed by atoms with Crippen molar-refractivity contribution in [1.29, 1.82) is 0 Å². The highest BCUT2D eigenvalue weighted by atomic mass is 16.5. The van der Waals surface area contributed by atoms with Crippen LogP contribution in [0.5, 0.6) is 0 Å². The average molecular weight is 208 g/mol. The highest BCUT2D eigenvalue weighted by Crippen LogP contribution is 2.20. The first-order valence-corrected chi connectivity index (χ1v) is 5.15. The monoisotopic (exact) mass is 208 g/mol. The zero-order valence-corrected chi connectivity index (χ0v) is 9.87. The average Bonchev–Trinajstić information content (AvgIpc) is 2.17. The number of benzene rings is 1. The van der Waals surface area contributed by atoms with E-state index in [2.05, 4.69) is 37.5 Å². The lowest BCUT2D eigenvalue weighted by atomic mass is 9.98. The largest absolute Gasteiger partial charge is 0.380 e. The molecule has 3 nitrogen and oxygen atoms in total. The third kappa shape index (κ3) is 3.02. The molecule has 0 aliphatic heterocycles. The number of aryl methyl sites for hydroxylation is 2. The first-order valence-electron chi connectivity index (χ1n) is 5.15. The van der Waals surface area contributed by atoms with E-state index in [1.807, 2.05) is 6.92 Å². The second-order valence-corrected chi connectivity index (χ2v) is 4.01. The van der Waals surface area contributed by atoms with Gasteiger partial charge in [0.1, 0.15) is 0 Å². The summed E-state index contributed by atoms with van der Waals surface area (Å²) in [5.41, 5.74) is 6.46. The minimum Gasteiger partial charge on any atom is -0.380 e. The van der Waals surface area contributed by atoms with Gasteiger partial charge in [-0.15, -0.1) is 0 Å². The molecule has 0 radical (unpaired) electrons. The second kappa shape index (κ2) is 5.26. The smallest absolute Gasteiger partial charge is 0.0750 e. The van der Waals surface area contributed by atoms with Crippen LogP contribution in [0.1, 0.15) is 29.7 Å². The molecule has 3 N–H and O–H groups in total. The number of nitrogens with one attached hydrogen (secondary N) is 1. The third-order valence-corrected chi connectivity index (χ3v) is 2.62. The Kier molecular flexibility index (Phi) is 4.27. The molecule has 3 heteroatoms. The van der Waals surface area contributed by atoms with Crippen molar-refractivity contribution < 1.29 is 4.74 Å². The van der Waals surface area contributed by atoms with Crippen molar-refractivity contribution >= 4 is 0 Å². The normalized spacial score (nSPS) is 15.0. The van der Waals surface area contributed by atoms with Crippen LogP contribution in [0.2, 0.25) is 0 Å². The van der Waals surface area contributed by atoms with Gasteiger partial charge in [0.25, 0.3) is 0 Å². The number of ether oxygens (including phenoxy) is 1. The maximum absolute atomic E-state index is 5.55. The molecule has 2 unspecified atom stereocenters.